The second-order valence-corrected chi connectivity index (χ2v) is 6.06. The van der Waals surface area contributed by atoms with Gasteiger partial charge in [-0.25, -0.2) is 15.0 Å². The Bertz CT molecular complexity index is 895. The highest BCUT2D eigenvalue weighted by Crippen LogP contribution is 2.19. The topological polar surface area (TPSA) is 96.9 Å². The highest BCUT2D eigenvalue weighted by atomic mass is 32.1. The predicted molar refractivity (Wildman–Crippen MR) is 96.2 cm³/mol. The highest BCUT2D eigenvalue weighted by Gasteiger charge is 2.10. The minimum atomic E-state index is -0.200. The molecule has 0 aliphatic rings. The zero-order valence-electron chi connectivity index (χ0n) is 13.4. The van der Waals surface area contributed by atoms with E-state index < -0.39 is 0 Å². The van der Waals surface area contributed by atoms with Gasteiger partial charge in [0.1, 0.15) is 0 Å². The molecule has 0 aliphatic heterocycles. The van der Waals surface area contributed by atoms with Gasteiger partial charge in [-0.2, -0.15) is 0 Å². The fourth-order valence-electron chi connectivity index (χ4n) is 2.09. The number of benzene rings is 1. The third-order valence-corrected chi connectivity index (χ3v) is 4.04. The van der Waals surface area contributed by atoms with Crippen molar-refractivity contribution in [1.82, 2.24) is 15.0 Å². The summed E-state index contributed by atoms with van der Waals surface area (Å²) < 4.78 is 0. The Hall–Kier alpha value is -3.13. The molecule has 0 bridgehead atoms. The number of thiazole rings is 1. The quantitative estimate of drug-likeness (QED) is 0.661. The van der Waals surface area contributed by atoms with Crippen molar-refractivity contribution in [1.29, 1.82) is 0 Å². The van der Waals surface area contributed by atoms with Gasteiger partial charge in [0.2, 0.25) is 11.9 Å². The fraction of sp³-hybridized carbons (Fsp3) is 0.118. The van der Waals surface area contributed by atoms with E-state index in [2.05, 4.69) is 25.6 Å². The normalized spacial score (nSPS) is 10.3. The monoisotopic (exact) mass is 353 g/mol. The molecule has 8 heteroatoms. The highest BCUT2D eigenvalue weighted by molar-refractivity contribution is 7.13. The first-order valence-electron chi connectivity index (χ1n) is 7.49. The summed E-state index contributed by atoms with van der Waals surface area (Å²) in [6.07, 6.45) is 3.40. The summed E-state index contributed by atoms with van der Waals surface area (Å²) in [7, 11) is 0. The minimum absolute atomic E-state index is 0.0468. The molecule has 25 heavy (non-hydrogen) atoms. The molecule has 2 N–H and O–H groups in total. The van der Waals surface area contributed by atoms with Crippen LogP contribution in [0, 0.1) is 0 Å². The van der Waals surface area contributed by atoms with Crippen LogP contribution in [0.2, 0.25) is 0 Å². The molecule has 0 unspecified atom stereocenters. The molecule has 0 atom stereocenters. The standard InChI is InChI=1S/C17H15N5O2S/c1-11(23)12-4-2-5-13(8-12)20-15(24)9-14-10-25-17(21-14)22-16-18-6-3-7-19-16/h2-8,10H,9H2,1H3,(H,20,24)(H,18,19,21,22). The van der Waals surface area contributed by atoms with E-state index in [-0.39, 0.29) is 18.1 Å². The van der Waals surface area contributed by atoms with Crippen LogP contribution in [0.25, 0.3) is 0 Å². The minimum Gasteiger partial charge on any atom is -0.326 e. The maximum absolute atomic E-state index is 12.2. The van der Waals surface area contributed by atoms with Gasteiger partial charge in [0.05, 0.1) is 12.1 Å². The van der Waals surface area contributed by atoms with E-state index in [1.165, 1.54) is 18.3 Å². The van der Waals surface area contributed by atoms with Crippen molar-refractivity contribution in [2.75, 3.05) is 10.6 Å². The summed E-state index contributed by atoms with van der Waals surface area (Å²) in [4.78, 5) is 36.0. The molecule has 1 aromatic carbocycles. The molecule has 3 rings (SSSR count). The van der Waals surface area contributed by atoms with Crippen molar-refractivity contribution >= 4 is 39.8 Å². The fourth-order valence-corrected chi connectivity index (χ4v) is 2.79. The number of nitrogens with one attached hydrogen (secondary N) is 2. The van der Waals surface area contributed by atoms with Crippen molar-refractivity contribution in [3.05, 3.63) is 59.4 Å². The summed E-state index contributed by atoms with van der Waals surface area (Å²) >= 11 is 1.37. The molecular weight excluding hydrogens is 338 g/mol. The summed E-state index contributed by atoms with van der Waals surface area (Å²) in [5, 5.41) is 8.18. The van der Waals surface area contributed by atoms with Crippen molar-refractivity contribution < 1.29 is 9.59 Å². The van der Waals surface area contributed by atoms with Crippen LogP contribution in [-0.4, -0.2) is 26.6 Å². The van der Waals surface area contributed by atoms with Gasteiger partial charge >= 0.3 is 0 Å². The number of carbonyl (C=O) groups excluding carboxylic acids is 2. The second kappa shape index (κ2) is 7.63. The molecule has 0 aliphatic carbocycles. The average Bonchev–Trinajstić information content (AvgIpc) is 3.02. The van der Waals surface area contributed by atoms with Crippen LogP contribution < -0.4 is 10.6 Å². The van der Waals surface area contributed by atoms with Gasteiger partial charge in [0, 0.05) is 29.0 Å². The lowest BCUT2D eigenvalue weighted by Crippen LogP contribution is -2.15. The summed E-state index contributed by atoms with van der Waals surface area (Å²) in [6.45, 7) is 1.49. The molecule has 126 valence electrons. The van der Waals surface area contributed by atoms with E-state index in [0.717, 1.165) is 0 Å². The summed E-state index contributed by atoms with van der Waals surface area (Å²) in [5.41, 5.74) is 1.79. The largest absolute Gasteiger partial charge is 0.326 e. The molecule has 7 nitrogen and oxygen atoms in total. The number of hydrogen-bond donors (Lipinski definition) is 2. The second-order valence-electron chi connectivity index (χ2n) is 5.20. The first-order valence-corrected chi connectivity index (χ1v) is 8.37. The maximum Gasteiger partial charge on any atom is 0.230 e. The van der Waals surface area contributed by atoms with Crippen LogP contribution >= 0.6 is 11.3 Å². The predicted octanol–water partition coefficient (Wildman–Crippen LogP) is 3.06. The molecular formula is C17H15N5O2S. The summed E-state index contributed by atoms with van der Waals surface area (Å²) in [6, 6.07) is 8.56. The number of rotatable bonds is 6. The van der Waals surface area contributed by atoms with Gasteiger partial charge < -0.3 is 10.6 Å². The SMILES string of the molecule is CC(=O)c1cccc(NC(=O)Cc2csc(Nc3ncccn3)n2)c1. The summed E-state index contributed by atoms with van der Waals surface area (Å²) in [5.74, 6) is 0.205. The Kier molecular flexibility index (Phi) is 5.10. The number of aromatic nitrogens is 3. The number of anilines is 3. The number of carbonyl (C=O) groups is 2. The molecule has 0 saturated heterocycles. The maximum atomic E-state index is 12.2. The Morgan fingerprint density at radius 2 is 1.96 bits per heavy atom. The van der Waals surface area contributed by atoms with Crippen molar-refractivity contribution in [2.45, 2.75) is 13.3 Å². The average molecular weight is 353 g/mol. The Balaban J connectivity index is 1.60. The van der Waals surface area contributed by atoms with Crippen molar-refractivity contribution in [3.8, 4) is 0 Å². The van der Waals surface area contributed by atoms with Crippen molar-refractivity contribution in [3.63, 3.8) is 0 Å². The first-order chi connectivity index (χ1) is 12.1. The van der Waals surface area contributed by atoms with Crippen LogP contribution in [0.5, 0.6) is 0 Å². The zero-order chi connectivity index (χ0) is 17.6. The lowest BCUT2D eigenvalue weighted by Gasteiger charge is -2.05. The van der Waals surface area contributed by atoms with E-state index in [1.54, 1.807) is 48.1 Å². The molecule has 0 saturated carbocycles. The van der Waals surface area contributed by atoms with Crippen LogP contribution in [-0.2, 0) is 11.2 Å². The van der Waals surface area contributed by atoms with Crippen LogP contribution in [0.1, 0.15) is 23.0 Å². The first kappa shape index (κ1) is 16.7. The van der Waals surface area contributed by atoms with Crippen LogP contribution in [0.15, 0.2) is 48.1 Å². The Morgan fingerprint density at radius 3 is 2.72 bits per heavy atom. The van der Waals surface area contributed by atoms with Gasteiger partial charge in [0.25, 0.3) is 0 Å². The molecule has 0 radical (unpaired) electrons. The van der Waals surface area contributed by atoms with Gasteiger partial charge in [-0.15, -0.1) is 11.3 Å². The van der Waals surface area contributed by atoms with E-state index in [4.69, 9.17) is 0 Å². The molecule has 3 aromatic rings. The van der Waals surface area contributed by atoms with E-state index in [9.17, 15) is 9.59 Å². The number of amides is 1. The van der Waals surface area contributed by atoms with Gasteiger partial charge in [-0.3, -0.25) is 9.59 Å². The smallest absolute Gasteiger partial charge is 0.230 e. The zero-order valence-corrected chi connectivity index (χ0v) is 14.2. The lowest BCUT2D eigenvalue weighted by atomic mass is 10.1. The number of Topliss-reactive ketones (excluding diaryl/α,β-unsaturated/α-hetero) is 1. The third-order valence-electron chi connectivity index (χ3n) is 3.23. The number of hydrogen-bond acceptors (Lipinski definition) is 7. The van der Waals surface area contributed by atoms with Gasteiger partial charge in [-0.1, -0.05) is 12.1 Å². The molecule has 0 fully saturated rings. The molecule has 0 spiro atoms. The molecule has 1 amide bonds. The number of nitrogens with zero attached hydrogens (tertiary/aromatic N) is 3. The van der Waals surface area contributed by atoms with E-state index in [1.807, 2.05) is 0 Å². The molecule has 2 aromatic heterocycles. The van der Waals surface area contributed by atoms with E-state index >= 15 is 0 Å². The van der Waals surface area contributed by atoms with Crippen molar-refractivity contribution in [2.24, 2.45) is 0 Å². The van der Waals surface area contributed by atoms with Crippen LogP contribution in [0.3, 0.4) is 0 Å². The van der Waals surface area contributed by atoms with Gasteiger partial charge in [-0.05, 0) is 25.1 Å². The van der Waals surface area contributed by atoms with Gasteiger partial charge in [0.15, 0.2) is 10.9 Å². The Labute approximate surface area is 148 Å². The Morgan fingerprint density at radius 1 is 1.16 bits per heavy atom. The van der Waals surface area contributed by atoms with Crippen LogP contribution in [0.4, 0.5) is 16.8 Å². The lowest BCUT2D eigenvalue weighted by molar-refractivity contribution is -0.115. The third kappa shape index (κ3) is 4.67. The number of ketones is 1. The molecule has 2 heterocycles. The van der Waals surface area contributed by atoms with E-state index in [0.29, 0.717) is 28.0 Å².